The Kier molecular flexibility index (Phi) is 4.74. The van der Waals surface area contributed by atoms with Crippen molar-refractivity contribution in [2.24, 2.45) is 0 Å². The molecule has 10 heteroatoms. The van der Waals surface area contributed by atoms with Gasteiger partial charge in [-0.25, -0.2) is 0 Å². The van der Waals surface area contributed by atoms with Crippen LogP contribution in [-0.4, -0.2) is 34.6 Å². The van der Waals surface area contributed by atoms with E-state index in [1.807, 2.05) is 0 Å². The molecule has 1 saturated heterocycles. The van der Waals surface area contributed by atoms with Crippen LogP contribution in [0.2, 0.25) is 6.43 Å². The molecule has 2 aliphatic heterocycles. The van der Waals surface area contributed by atoms with Crippen molar-refractivity contribution in [3.63, 3.8) is 0 Å². The Morgan fingerprint density at radius 2 is 2.00 bits per heavy atom. The Bertz CT molecular complexity index is 1260. The van der Waals surface area contributed by atoms with Crippen LogP contribution in [0, 0.1) is 0 Å². The molecular formula is C22H18ClF2N3O4. The number of hydrogen-bond acceptors (Lipinski definition) is 4. The van der Waals surface area contributed by atoms with Crippen LogP contribution in [0.3, 0.4) is 0 Å². The third kappa shape index (κ3) is 4.08. The molecule has 1 atom stereocenters. The molecule has 0 radical (unpaired) electrons. The van der Waals surface area contributed by atoms with Crippen molar-refractivity contribution in [1.29, 1.82) is 0 Å². The molecule has 2 aliphatic rings. The molecule has 7 nitrogen and oxygen atoms in total. The maximum Gasteiger partial charge on any atom is 0.349 e. The summed E-state index contributed by atoms with van der Waals surface area (Å²) in [5.74, 6) is -7.64. The number of piperidine rings is 1. The van der Waals surface area contributed by atoms with Gasteiger partial charge in [-0.2, -0.15) is 8.78 Å². The van der Waals surface area contributed by atoms with Gasteiger partial charge in [-0.1, -0.05) is 35.8 Å². The van der Waals surface area contributed by atoms with Crippen molar-refractivity contribution in [1.82, 2.24) is 15.5 Å². The first-order chi connectivity index (χ1) is 16.4. The van der Waals surface area contributed by atoms with Crippen molar-refractivity contribution in [2.45, 2.75) is 37.9 Å². The summed E-state index contributed by atoms with van der Waals surface area (Å²) in [6, 6.07) is 3.68. The lowest BCUT2D eigenvalue weighted by Gasteiger charge is -2.29. The van der Waals surface area contributed by atoms with Crippen molar-refractivity contribution < 1.29 is 32.1 Å². The smallest absolute Gasteiger partial charge is 0.346 e. The molecule has 0 spiro atoms. The molecule has 0 saturated carbocycles. The third-order valence-electron chi connectivity index (χ3n) is 5.29. The van der Waals surface area contributed by atoms with Gasteiger partial charge in [-0.15, -0.1) is 0 Å². The minimum Gasteiger partial charge on any atom is -0.346 e. The predicted octanol–water partition coefficient (Wildman–Crippen LogP) is 2.51. The van der Waals surface area contributed by atoms with E-state index >= 15 is 0 Å². The molecule has 2 N–H and O–H groups in total. The molecule has 32 heavy (non-hydrogen) atoms. The summed E-state index contributed by atoms with van der Waals surface area (Å²) in [7, 11) is 0. The van der Waals surface area contributed by atoms with E-state index in [0.29, 0.717) is 0 Å². The number of amides is 4. The molecule has 0 bridgehead atoms. The zero-order valence-electron chi connectivity index (χ0n) is 19.5. The van der Waals surface area contributed by atoms with Crippen LogP contribution in [0.25, 0.3) is 0 Å². The highest BCUT2D eigenvalue weighted by Crippen LogP contribution is 2.30. The Labute approximate surface area is 191 Å². The van der Waals surface area contributed by atoms with E-state index in [0.717, 1.165) is 12.1 Å². The lowest BCUT2D eigenvalue weighted by molar-refractivity contribution is -0.147. The Hall–Kier alpha value is -3.33. The number of nitrogens with zero attached hydrogens (tertiary/aromatic N) is 1. The first kappa shape index (κ1) is 18.3. The van der Waals surface area contributed by atoms with Gasteiger partial charge in [0.25, 0.3) is 11.8 Å². The van der Waals surface area contributed by atoms with Gasteiger partial charge < -0.3 is 10.2 Å². The number of fused-ring (bicyclic) bond motifs is 1. The number of imide groups is 1. The third-order valence-corrected chi connectivity index (χ3v) is 5.54. The van der Waals surface area contributed by atoms with Crippen LogP contribution in [0.15, 0.2) is 42.4 Å². The number of benzene rings is 2. The van der Waals surface area contributed by atoms with Gasteiger partial charge in [0, 0.05) is 35.7 Å². The molecule has 0 aliphatic carbocycles. The summed E-state index contributed by atoms with van der Waals surface area (Å²) < 4.78 is 53.6. The summed E-state index contributed by atoms with van der Waals surface area (Å²) in [4.78, 5) is 50.1. The van der Waals surface area contributed by atoms with Crippen LogP contribution in [-0.2, 0) is 33.4 Å². The number of nitrogens with one attached hydrogen (secondary N) is 2. The van der Waals surface area contributed by atoms with Crippen molar-refractivity contribution in [3.8, 4) is 0 Å². The SMILES string of the molecule is [2H]c1c(CN([2H])C(=O)C(F)(F)c2ccc(Cl)cc2)cc2c(c1[2H])C(=O)N(C1CCC(=O)NC1=O)C2. The molecule has 0 aromatic heterocycles. The van der Waals surface area contributed by atoms with Crippen LogP contribution < -0.4 is 10.6 Å². The van der Waals surface area contributed by atoms with Gasteiger partial charge in [-0.3, -0.25) is 24.5 Å². The van der Waals surface area contributed by atoms with E-state index in [4.69, 9.17) is 15.8 Å². The molecule has 4 amide bonds. The summed E-state index contributed by atoms with van der Waals surface area (Å²) in [5, 5.41) is 2.35. The maximum atomic E-state index is 14.7. The van der Waals surface area contributed by atoms with Gasteiger partial charge in [0.15, 0.2) is 1.41 Å². The molecule has 2 heterocycles. The molecule has 2 aromatic carbocycles. The lowest BCUT2D eigenvalue weighted by Crippen LogP contribution is -2.52. The quantitative estimate of drug-likeness (QED) is 0.665. The van der Waals surface area contributed by atoms with Gasteiger partial charge in [0.2, 0.25) is 11.8 Å². The first-order valence-corrected chi connectivity index (χ1v) is 10.0. The highest BCUT2D eigenvalue weighted by atomic mass is 35.5. The van der Waals surface area contributed by atoms with Gasteiger partial charge in [-0.05, 0) is 35.7 Å². The molecule has 2 aromatic rings. The normalized spacial score (nSPS) is 19.7. The number of carbonyl (C=O) groups is 4. The van der Waals surface area contributed by atoms with E-state index in [9.17, 15) is 28.0 Å². The summed E-state index contributed by atoms with van der Waals surface area (Å²) in [6.45, 7) is -0.834. The monoisotopic (exact) mass is 464 g/mol. The fourth-order valence-electron chi connectivity index (χ4n) is 3.61. The summed E-state index contributed by atoms with van der Waals surface area (Å²) in [5.41, 5.74) is -0.586. The van der Waals surface area contributed by atoms with E-state index in [2.05, 4.69) is 5.32 Å². The number of halogens is 3. The number of carbonyl (C=O) groups excluding carboxylic acids is 4. The van der Waals surface area contributed by atoms with Crippen molar-refractivity contribution >= 4 is 35.2 Å². The van der Waals surface area contributed by atoms with Crippen molar-refractivity contribution in [2.75, 3.05) is 0 Å². The molecule has 166 valence electrons. The van der Waals surface area contributed by atoms with E-state index in [1.54, 1.807) is 0 Å². The molecule has 1 fully saturated rings. The molecule has 1 unspecified atom stereocenters. The first-order valence-electron chi connectivity index (χ1n) is 11.1. The summed E-state index contributed by atoms with van der Waals surface area (Å²) >= 11 is 5.69. The van der Waals surface area contributed by atoms with E-state index < -0.39 is 59.8 Å². The Morgan fingerprint density at radius 1 is 1.28 bits per heavy atom. The zero-order valence-corrected chi connectivity index (χ0v) is 17.2. The van der Waals surface area contributed by atoms with E-state index in [-0.39, 0.29) is 46.4 Å². The minimum absolute atomic E-state index is 0.00253. The van der Waals surface area contributed by atoms with Crippen molar-refractivity contribution in [3.05, 3.63) is 69.7 Å². The second-order valence-corrected chi connectivity index (χ2v) is 7.86. The topological polar surface area (TPSA) is 95.6 Å². The largest absolute Gasteiger partial charge is 0.349 e. The van der Waals surface area contributed by atoms with Crippen LogP contribution >= 0.6 is 11.6 Å². The lowest BCUT2D eigenvalue weighted by atomic mass is 10.0. The fourth-order valence-corrected chi connectivity index (χ4v) is 3.74. The Morgan fingerprint density at radius 3 is 2.69 bits per heavy atom. The van der Waals surface area contributed by atoms with E-state index in [1.165, 1.54) is 23.1 Å². The number of hydrogen-bond donors (Lipinski definition) is 2. The standard InChI is InChI=1S/C22H18ClF2N3O4/c23-15-4-2-14(3-5-15)22(24,25)21(32)26-10-12-1-6-16-13(9-12)11-28(20(16)31)17-7-8-18(29)27-19(17)30/h1-6,9,17H,7-8,10-11H2,(H,26,32)(H,27,29,30)/i1D,6D/hD. The molecular weight excluding hydrogens is 444 g/mol. The Balaban J connectivity index is 1.57. The average Bonchev–Trinajstić information content (AvgIpc) is 3.12. The second-order valence-electron chi connectivity index (χ2n) is 7.42. The minimum atomic E-state index is -4.03. The maximum absolute atomic E-state index is 14.7. The van der Waals surface area contributed by atoms with Gasteiger partial charge >= 0.3 is 5.92 Å². The highest BCUT2D eigenvalue weighted by molar-refractivity contribution is 6.30. The predicted molar refractivity (Wildman–Crippen MR) is 110 cm³/mol. The van der Waals surface area contributed by atoms with Crippen LogP contribution in [0.5, 0.6) is 0 Å². The molecule has 4 rings (SSSR count). The van der Waals surface area contributed by atoms with Crippen LogP contribution in [0.4, 0.5) is 8.78 Å². The number of alkyl halides is 2. The van der Waals surface area contributed by atoms with Crippen LogP contribution in [0.1, 0.15) is 42.6 Å². The summed E-state index contributed by atoms with van der Waals surface area (Å²) in [6.07, 6.45) is 0.143. The second kappa shape index (κ2) is 8.31. The average molecular weight is 465 g/mol. The highest BCUT2D eigenvalue weighted by Gasteiger charge is 2.41. The number of rotatable bonds is 5. The van der Waals surface area contributed by atoms with Gasteiger partial charge in [0.05, 0.1) is 2.74 Å². The zero-order chi connectivity index (χ0) is 25.7. The van der Waals surface area contributed by atoms with Gasteiger partial charge in [0.1, 0.15) is 6.04 Å². The fraction of sp³-hybridized carbons (Fsp3) is 0.273.